The first kappa shape index (κ1) is 59.0. The monoisotopic (exact) mass is 880 g/mol. The van der Waals surface area contributed by atoms with E-state index in [1.165, 1.54) is 128 Å². The lowest BCUT2D eigenvalue weighted by molar-refractivity contribution is -0.161. The van der Waals surface area contributed by atoms with E-state index in [4.69, 9.17) is 24.3 Å². The molecule has 2 atom stereocenters. The number of unbranched alkanes of at least 4 members (excludes halogenated alkanes) is 26. The van der Waals surface area contributed by atoms with Gasteiger partial charge in [0, 0.05) is 19.4 Å². The fourth-order valence-corrected chi connectivity index (χ4v) is 7.70. The molecule has 0 saturated heterocycles. The SMILES string of the molecule is CCCCC/C=C\C/C=C\CCCCCCCC(=O)OCC(COP(=O)(O)OCCN)OC(=O)CCCCCCCCCCCCCCC/C=C\C/C=C\CCCCCCC. The summed E-state index contributed by atoms with van der Waals surface area (Å²) in [4.78, 5) is 35.0. The summed E-state index contributed by atoms with van der Waals surface area (Å²) in [5.41, 5.74) is 5.36. The highest BCUT2D eigenvalue weighted by Crippen LogP contribution is 2.43. The van der Waals surface area contributed by atoms with Gasteiger partial charge in [0.15, 0.2) is 6.10 Å². The second kappa shape index (κ2) is 47.4. The Bertz CT molecular complexity index is 1140. The molecule has 61 heavy (non-hydrogen) atoms. The Balaban J connectivity index is 4.03. The smallest absolute Gasteiger partial charge is 0.462 e. The van der Waals surface area contributed by atoms with Gasteiger partial charge in [-0.2, -0.15) is 0 Å². The van der Waals surface area contributed by atoms with Crippen molar-refractivity contribution in [2.75, 3.05) is 26.4 Å². The summed E-state index contributed by atoms with van der Waals surface area (Å²) in [6.45, 7) is 3.70. The number of phosphoric acid groups is 1. The van der Waals surface area contributed by atoms with E-state index in [1.807, 2.05) is 0 Å². The van der Waals surface area contributed by atoms with Crippen molar-refractivity contribution in [2.45, 2.75) is 238 Å². The number of phosphoric ester groups is 1. The first-order valence-corrected chi connectivity index (χ1v) is 26.6. The van der Waals surface area contributed by atoms with Crippen LogP contribution in [-0.4, -0.2) is 49.3 Å². The van der Waals surface area contributed by atoms with Gasteiger partial charge in [-0.15, -0.1) is 0 Å². The summed E-state index contributed by atoms with van der Waals surface area (Å²) in [6, 6.07) is 0. The lowest BCUT2D eigenvalue weighted by Gasteiger charge is -2.19. The fraction of sp³-hybridized carbons (Fsp3) is 0.804. The summed E-state index contributed by atoms with van der Waals surface area (Å²) in [6.07, 6.45) is 55.8. The van der Waals surface area contributed by atoms with Crippen molar-refractivity contribution in [1.82, 2.24) is 0 Å². The molecule has 0 rings (SSSR count). The van der Waals surface area contributed by atoms with E-state index in [9.17, 15) is 19.0 Å². The van der Waals surface area contributed by atoms with Crippen LogP contribution < -0.4 is 5.73 Å². The summed E-state index contributed by atoms with van der Waals surface area (Å²) < 4.78 is 32.9. The van der Waals surface area contributed by atoms with E-state index >= 15 is 0 Å². The Morgan fingerprint density at radius 3 is 1.28 bits per heavy atom. The molecule has 0 aromatic carbocycles. The molecule has 0 spiro atoms. The molecular formula is C51H94NO8P. The van der Waals surface area contributed by atoms with Crippen molar-refractivity contribution >= 4 is 19.8 Å². The zero-order valence-corrected chi connectivity index (χ0v) is 40.3. The Morgan fingerprint density at radius 2 is 0.852 bits per heavy atom. The number of hydrogen-bond donors (Lipinski definition) is 2. The minimum absolute atomic E-state index is 0.0505. The molecule has 2 unspecified atom stereocenters. The van der Waals surface area contributed by atoms with Gasteiger partial charge in [0.25, 0.3) is 0 Å². The van der Waals surface area contributed by atoms with Crippen LogP contribution in [0.15, 0.2) is 48.6 Å². The Kier molecular flexibility index (Phi) is 45.9. The third kappa shape index (κ3) is 47.3. The van der Waals surface area contributed by atoms with E-state index < -0.39 is 32.5 Å². The highest BCUT2D eigenvalue weighted by Gasteiger charge is 2.26. The average Bonchev–Trinajstić information content (AvgIpc) is 3.25. The second-order valence-corrected chi connectivity index (χ2v) is 18.1. The van der Waals surface area contributed by atoms with Crippen LogP contribution in [-0.2, 0) is 32.7 Å². The van der Waals surface area contributed by atoms with E-state index in [0.29, 0.717) is 12.8 Å². The summed E-state index contributed by atoms with van der Waals surface area (Å²) in [5, 5.41) is 0. The van der Waals surface area contributed by atoms with Crippen molar-refractivity contribution in [3.63, 3.8) is 0 Å². The van der Waals surface area contributed by atoms with Crippen molar-refractivity contribution in [1.29, 1.82) is 0 Å². The molecule has 0 aromatic rings. The van der Waals surface area contributed by atoms with Crippen LogP contribution in [0.3, 0.4) is 0 Å². The Hall–Kier alpha value is -2.03. The maximum atomic E-state index is 12.6. The quantitative estimate of drug-likeness (QED) is 0.0265. The molecule has 0 saturated carbocycles. The van der Waals surface area contributed by atoms with Crippen LogP contribution in [0.5, 0.6) is 0 Å². The summed E-state index contributed by atoms with van der Waals surface area (Å²) in [7, 11) is -4.38. The number of carbonyl (C=O) groups excluding carboxylic acids is 2. The molecular weight excluding hydrogens is 786 g/mol. The van der Waals surface area contributed by atoms with E-state index in [1.54, 1.807) is 0 Å². The van der Waals surface area contributed by atoms with Crippen LogP contribution >= 0.6 is 7.82 Å². The van der Waals surface area contributed by atoms with E-state index in [2.05, 4.69) is 62.5 Å². The first-order valence-electron chi connectivity index (χ1n) is 25.1. The number of esters is 2. The molecule has 10 heteroatoms. The molecule has 0 amide bonds. The van der Waals surface area contributed by atoms with Gasteiger partial charge in [-0.05, 0) is 77.0 Å². The summed E-state index contributed by atoms with van der Waals surface area (Å²) >= 11 is 0. The van der Waals surface area contributed by atoms with Gasteiger partial charge in [0.05, 0.1) is 13.2 Å². The molecule has 0 aliphatic heterocycles. The molecule has 0 aliphatic rings. The van der Waals surface area contributed by atoms with E-state index in [0.717, 1.165) is 64.2 Å². The van der Waals surface area contributed by atoms with Gasteiger partial charge in [-0.1, -0.05) is 191 Å². The molecule has 356 valence electrons. The van der Waals surface area contributed by atoms with E-state index in [-0.39, 0.29) is 32.6 Å². The fourth-order valence-electron chi connectivity index (χ4n) is 6.93. The minimum Gasteiger partial charge on any atom is -0.462 e. The predicted molar refractivity (Wildman–Crippen MR) is 257 cm³/mol. The van der Waals surface area contributed by atoms with Crippen molar-refractivity contribution < 1.29 is 37.6 Å². The molecule has 0 bridgehead atoms. The zero-order chi connectivity index (χ0) is 44.6. The first-order chi connectivity index (χ1) is 29.8. The van der Waals surface area contributed by atoms with Crippen LogP contribution in [0.4, 0.5) is 0 Å². The van der Waals surface area contributed by atoms with Crippen LogP contribution in [0, 0.1) is 0 Å². The largest absolute Gasteiger partial charge is 0.472 e. The van der Waals surface area contributed by atoms with Gasteiger partial charge in [-0.3, -0.25) is 18.6 Å². The maximum Gasteiger partial charge on any atom is 0.472 e. The highest BCUT2D eigenvalue weighted by atomic mass is 31.2. The predicted octanol–water partition coefficient (Wildman–Crippen LogP) is 15.1. The van der Waals surface area contributed by atoms with Gasteiger partial charge >= 0.3 is 19.8 Å². The van der Waals surface area contributed by atoms with Gasteiger partial charge < -0.3 is 20.1 Å². The number of allylic oxidation sites excluding steroid dienone is 8. The second-order valence-electron chi connectivity index (χ2n) is 16.7. The topological polar surface area (TPSA) is 134 Å². The molecule has 0 aromatic heterocycles. The van der Waals surface area contributed by atoms with Crippen LogP contribution in [0.25, 0.3) is 0 Å². The zero-order valence-electron chi connectivity index (χ0n) is 39.4. The lowest BCUT2D eigenvalue weighted by Crippen LogP contribution is -2.29. The minimum atomic E-state index is -4.38. The normalized spacial score (nSPS) is 13.6. The van der Waals surface area contributed by atoms with Crippen LogP contribution in [0.2, 0.25) is 0 Å². The third-order valence-corrected chi connectivity index (χ3v) is 11.7. The molecule has 3 N–H and O–H groups in total. The molecule has 0 fully saturated rings. The Morgan fingerprint density at radius 1 is 0.492 bits per heavy atom. The number of carbonyl (C=O) groups is 2. The van der Waals surface area contributed by atoms with Gasteiger partial charge in [0.2, 0.25) is 0 Å². The lowest BCUT2D eigenvalue weighted by atomic mass is 10.0. The molecule has 9 nitrogen and oxygen atoms in total. The number of rotatable bonds is 47. The number of nitrogens with two attached hydrogens (primary N) is 1. The standard InChI is InChI=1S/C51H94NO8P/c1-3-5-7-9-11-13-15-17-19-20-21-22-23-24-25-26-27-28-30-32-34-36-38-40-42-44-51(54)60-49(48-59-61(55,56)58-46-45-52)47-57-50(53)43-41-39-37-35-33-31-29-18-16-14-12-10-8-6-4-2/h12,14-15,17-18,20-21,29,49H,3-11,13,16,19,22-28,30-48,52H2,1-2H3,(H,55,56)/b14-12-,17-15-,21-20-,29-18-. The van der Waals surface area contributed by atoms with Crippen LogP contribution in [0.1, 0.15) is 232 Å². The molecule has 0 radical (unpaired) electrons. The molecule has 0 heterocycles. The van der Waals surface area contributed by atoms with Gasteiger partial charge in [0.1, 0.15) is 6.61 Å². The summed E-state index contributed by atoms with van der Waals surface area (Å²) in [5.74, 6) is -0.841. The Labute approximate surface area is 375 Å². The van der Waals surface area contributed by atoms with Crippen molar-refractivity contribution in [3.8, 4) is 0 Å². The highest BCUT2D eigenvalue weighted by molar-refractivity contribution is 7.47. The number of hydrogen-bond acceptors (Lipinski definition) is 8. The van der Waals surface area contributed by atoms with Gasteiger partial charge in [-0.25, -0.2) is 4.57 Å². The average molecular weight is 880 g/mol. The maximum absolute atomic E-state index is 12.6. The van der Waals surface area contributed by atoms with Crippen molar-refractivity contribution in [3.05, 3.63) is 48.6 Å². The molecule has 0 aliphatic carbocycles. The number of ether oxygens (including phenoxy) is 2. The van der Waals surface area contributed by atoms with Crippen molar-refractivity contribution in [2.24, 2.45) is 5.73 Å². The third-order valence-electron chi connectivity index (χ3n) is 10.7.